The van der Waals surface area contributed by atoms with Crippen LogP contribution >= 0.6 is 0 Å². The van der Waals surface area contributed by atoms with Crippen molar-refractivity contribution < 1.29 is 9.59 Å². The lowest BCUT2D eigenvalue weighted by Gasteiger charge is -2.41. The lowest BCUT2D eigenvalue weighted by atomic mass is 9.93. The van der Waals surface area contributed by atoms with E-state index in [1.54, 1.807) is 0 Å². The van der Waals surface area contributed by atoms with Gasteiger partial charge in [-0.05, 0) is 30.4 Å². The van der Waals surface area contributed by atoms with Crippen LogP contribution in [0.25, 0.3) is 10.8 Å². The Labute approximate surface area is 172 Å². The molecule has 1 aliphatic carbocycles. The Morgan fingerprint density at radius 2 is 1.38 bits per heavy atom. The van der Waals surface area contributed by atoms with Gasteiger partial charge in [-0.15, -0.1) is 0 Å². The molecule has 152 valence electrons. The number of hydrogen-bond donors (Lipinski definition) is 0. The summed E-state index contributed by atoms with van der Waals surface area (Å²) in [6, 6.07) is 12.2. The van der Waals surface area contributed by atoms with Crippen LogP contribution in [0.2, 0.25) is 0 Å². The molecule has 29 heavy (non-hydrogen) atoms. The van der Waals surface area contributed by atoms with Crippen molar-refractivity contribution in [3.05, 3.63) is 47.5 Å². The second kappa shape index (κ2) is 7.88. The summed E-state index contributed by atoms with van der Waals surface area (Å²) in [6.07, 6.45) is 6.84. The van der Waals surface area contributed by atoms with Gasteiger partial charge >= 0.3 is 0 Å². The maximum Gasteiger partial charge on any atom is 0.261 e. The summed E-state index contributed by atoms with van der Waals surface area (Å²) in [4.78, 5) is 32.6. The van der Waals surface area contributed by atoms with Crippen molar-refractivity contribution in [3.63, 3.8) is 0 Å². The fourth-order valence-electron chi connectivity index (χ4n) is 5.32. The maximum absolute atomic E-state index is 13.0. The number of amides is 2. The first-order valence-corrected chi connectivity index (χ1v) is 11.1. The van der Waals surface area contributed by atoms with Gasteiger partial charge in [0.15, 0.2) is 0 Å². The van der Waals surface area contributed by atoms with E-state index in [0.29, 0.717) is 17.7 Å². The molecule has 1 saturated heterocycles. The van der Waals surface area contributed by atoms with Crippen LogP contribution in [0.1, 0.15) is 52.8 Å². The van der Waals surface area contributed by atoms with Crippen LogP contribution in [0.15, 0.2) is 36.4 Å². The number of carbonyl (C=O) groups excluding carboxylic acids is 2. The first-order valence-electron chi connectivity index (χ1n) is 11.1. The number of imide groups is 1. The van der Waals surface area contributed by atoms with Crippen LogP contribution in [0.3, 0.4) is 0 Å². The average molecular weight is 392 g/mol. The number of benzene rings is 2. The van der Waals surface area contributed by atoms with Gasteiger partial charge in [0, 0.05) is 61.8 Å². The number of carbonyl (C=O) groups is 2. The molecule has 2 aliphatic heterocycles. The fourth-order valence-corrected chi connectivity index (χ4v) is 5.32. The third-order valence-electron chi connectivity index (χ3n) is 6.99. The number of rotatable bonds is 4. The van der Waals surface area contributed by atoms with Crippen LogP contribution in [0, 0.1) is 0 Å². The van der Waals surface area contributed by atoms with Crippen molar-refractivity contribution in [1.82, 2.24) is 14.7 Å². The van der Waals surface area contributed by atoms with Crippen molar-refractivity contribution in [2.24, 2.45) is 0 Å². The zero-order chi connectivity index (χ0) is 19.8. The highest BCUT2D eigenvalue weighted by Gasteiger charge is 2.33. The monoisotopic (exact) mass is 391 g/mol. The van der Waals surface area contributed by atoms with E-state index in [9.17, 15) is 9.59 Å². The van der Waals surface area contributed by atoms with Crippen molar-refractivity contribution >= 4 is 22.6 Å². The third-order valence-corrected chi connectivity index (χ3v) is 6.99. The van der Waals surface area contributed by atoms with Gasteiger partial charge in [-0.25, -0.2) is 0 Å². The summed E-state index contributed by atoms with van der Waals surface area (Å²) < 4.78 is 0. The van der Waals surface area contributed by atoms with Gasteiger partial charge in [-0.1, -0.05) is 43.5 Å². The topological polar surface area (TPSA) is 43.9 Å². The lowest BCUT2D eigenvalue weighted by molar-refractivity contribution is 0.0534. The highest BCUT2D eigenvalue weighted by atomic mass is 16.2. The summed E-state index contributed by atoms with van der Waals surface area (Å²) in [5, 5.41) is 1.77. The fraction of sp³-hybridized carbons (Fsp3) is 0.500. The summed E-state index contributed by atoms with van der Waals surface area (Å²) in [5.74, 6) is -0.305. The molecule has 5 rings (SSSR count). The normalized spacial score (nSPS) is 21.9. The molecule has 2 aromatic rings. The van der Waals surface area contributed by atoms with Gasteiger partial charge < -0.3 is 0 Å². The second-order valence-electron chi connectivity index (χ2n) is 8.64. The highest BCUT2D eigenvalue weighted by molar-refractivity contribution is 6.25. The van der Waals surface area contributed by atoms with Crippen LogP contribution in [0.5, 0.6) is 0 Å². The number of nitrogens with zero attached hydrogens (tertiary/aromatic N) is 3. The first kappa shape index (κ1) is 18.8. The zero-order valence-corrected chi connectivity index (χ0v) is 17.0. The summed E-state index contributed by atoms with van der Waals surface area (Å²) in [7, 11) is 0. The van der Waals surface area contributed by atoms with Crippen molar-refractivity contribution in [2.75, 3.05) is 39.3 Å². The van der Waals surface area contributed by atoms with Crippen LogP contribution < -0.4 is 0 Å². The molecular weight excluding hydrogens is 362 g/mol. The summed E-state index contributed by atoms with van der Waals surface area (Å²) >= 11 is 0. The Bertz CT molecular complexity index is 876. The first-order chi connectivity index (χ1) is 14.2. The van der Waals surface area contributed by atoms with E-state index in [-0.39, 0.29) is 11.8 Å². The Morgan fingerprint density at radius 1 is 0.759 bits per heavy atom. The van der Waals surface area contributed by atoms with Gasteiger partial charge in [0.1, 0.15) is 0 Å². The molecule has 2 amide bonds. The Balaban J connectivity index is 1.23. The molecule has 2 aromatic carbocycles. The van der Waals surface area contributed by atoms with Crippen LogP contribution in [-0.2, 0) is 0 Å². The third kappa shape index (κ3) is 3.47. The van der Waals surface area contributed by atoms with E-state index < -0.39 is 0 Å². The van der Waals surface area contributed by atoms with E-state index in [2.05, 4.69) is 9.80 Å². The maximum atomic E-state index is 13.0. The van der Waals surface area contributed by atoms with E-state index in [4.69, 9.17) is 0 Å². The van der Waals surface area contributed by atoms with Gasteiger partial charge in [0.05, 0.1) is 0 Å². The number of piperazine rings is 1. The standard InChI is InChI=1S/C24H29N3O2/c28-23-20-10-4-6-18-7-5-11-21(22(18)20)24(29)27(23)17-14-25-12-15-26(16-13-25)19-8-2-1-3-9-19/h4-7,10-11,19H,1-3,8-9,12-17H2. The lowest BCUT2D eigenvalue weighted by Crippen LogP contribution is -2.53. The van der Waals surface area contributed by atoms with Gasteiger partial charge in [0.25, 0.3) is 11.8 Å². The number of hydrogen-bond acceptors (Lipinski definition) is 4. The molecule has 0 atom stereocenters. The predicted octanol–water partition coefficient (Wildman–Crippen LogP) is 3.39. The molecule has 5 nitrogen and oxygen atoms in total. The van der Waals surface area contributed by atoms with Gasteiger partial charge in [0.2, 0.25) is 0 Å². The molecule has 0 bridgehead atoms. The zero-order valence-electron chi connectivity index (χ0n) is 17.0. The Morgan fingerprint density at radius 3 is 2.00 bits per heavy atom. The quantitative estimate of drug-likeness (QED) is 0.750. The van der Waals surface area contributed by atoms with Gasteiger partial charge in [-0.3, -0.25) is 24.3 Å². The molecular formula is C24H29N3O2. The van der Waals surface area contributed by atoms with Crippen molar-refractivity contribution in [3.8, 4) is 0 Å². The minimum Gasteiger partial charge on any atom is -0.299 e. The predicted molar refractivity (Wildman–Crippen MR) is 114 cm³/mol. The molecule has 2 heterocycles. The minimum atomic E-state index is -0.153. The summed E-state index contributed by atoms with van der Waals surface area (Å²) in [5.41, 5.74) is 1.31. The molecule has 0 N–H and O–H groups in total. The molecule has 1 saturated carbocycles. The van der Waals surface area contributed by atoms with Crippen molar-refractivity contribution in [1.29, 1.82) is 0 Å². The van der Waals surface area contributed by atoms with E-state index in [0.717, 1.165) is 49.5 Å². The SMILES string of the molecule is O=C1c2cccc3cccc(c23)C(=O)N1CCN1CCN(C2CCCCC2)CC1. The van der Waals surface area contributed by atoms with Crippen molar-refractivity contribution in [2.45, 2.75) is 38.1 Å². The molecule has 0 spiro atoms. The molecule has 0 aromatic heterocycles. The van der Waals surface area contributed by atoms with Crippen LogP contribution in [-0.4, -0.2) is 71.8 Å². The highest BCUT2D eigenvalue weighted by Crippen LogP contribution is 2.30. The second-order valence-corrected chi connectivity index (χ2v) is 8.64. The molecule has 0 radical (unpaired) electrons. The van der Waals surface area contributed by atoms with E-state index in [1.165, 1.54) is 37.0 Å². The Kier molecular flexibility index (Phi) is 5.10. The smallest absolute Gasteiger partial charge is 0.261 e. The average Bonchev–Trinajstić information content (AvgIpc) is 2.78. The van der Waals surface area contributed by atoms with E-state index in [1.807, 2.05) is 36.4 Å². The van der Waals surface area contributed by atoms with Crippen LogP contribution in [0.4, 0.5) is 0 Å². The minimum absolute atomic E-state index is 0.153. The molecule has 0 unspecified atom stereocenters. The Hall–Kier alpha value is -2.24. The largest absolute Gasteiger partial charge is 0.299 e. The molecule has 3 aliphatic rings. The summed E-state index contributed by atoms with van der Waals surface area (Å²) in [6.45, 7) is 5.49. The molecule has 5 heteroatoms. The molecule has 2 fully saturated rings. The van der Waals surface area contributed by atoms with Gasteiger partial charge in [-0.2, -0.15) is 0 Å². The van der Waals surface area contributed by atoms with E-state index >= 15 is 0 Å².